The van der Waals surface area contributed by atoms with E-state index in [4.69, 9.17) is 4.74 Å². The highest BCUT2D eigenvalue weighted by molar-refractivity contribution is 5.69. The van der Waals surface area contributed by atoms with Crippen LogP contribution < -0.4 is 9.88 Å². The fourth-order valence-corrected chi connectivity index (χ4v) is 4.08. The van der Waals surface area contributed by atoms with Crippen LogP contribution in [0.4, 0.5) is 4.79 Å². The van der Waals surface area contributed by atoms with Gasteiger partial charge in [0, 0.05) is 18.1 Å². The normalized spacial score (nSPS) is 11.3. The van der Waals surface area contributed by atoms with Crippen LogP contribution in [-0.4, -0.2) is 12.7 Å². The molecule has 0 saturated carbocycles. The molecule has 1 heterocycles. The quantitative estimate of drug-likeness (QED) is 0.221. The molecule has 1 amide bonds. The van der Waals surface area contributed by atoms with Gasteiger partial charge in [-0.2, -0.15) is 0 Å². The van der Waals surface area contributed by atoms with E-state index in [-0.39, 0.29) is 6.09 Å². The number of alkyl carbamates (subject to hydrolysis) is 1. The van der Waals surface area contributed by atoms with Crippen molar-refractivity contribution >= 4 is 11.7 Å². The van der Waals surface area contributed by atoms with Gasteiger partial charge < -0.3 is 10.1 Å². The molecule has 0 aliphatic rings. The van der Waals surface area contributed by atoms with Gasteiger partial charge in [-0.25, -0.2) is 9.36 Å². The number of amides is 1. The van der Waals surface area contributed by atoms with E-state index < -0.39 is 5.54 Å². The lowest BCUT2D eigenvalue weighted by molar-refractivity contribution is -0.697. The number of aryl methyl sites for hydroxylation is 2. The summed E-state index contributed by atoms with van der Waals surface area (Å²) >= 11 is 0. The van der Waals surface area contributed by atoms with Crippen LogP contribution in [0.2, 0.25) is 0 Å². The van der Waals surface area contributed by atoms with E-state index in [1.807, 2.05) is 39.0 Å². The van der Waals surface area contributed by atoms with Gasteiger partial charge in [0.2, 0.25) is 0 Å². The van der Waals surface area contributed by atoms with Crippen LogP contribution in [0.3, 0.4) is 0 Å². The Morgan fingerprint density at radius 1 is 1.00 bits per heavy atom. The zero-order valence-corrected chi connectivity index (χ0v) is 21.9. The summed E-state index contributed by atoms with van der Waals surface area (Å²) in [6.45, 7) is 13.8. The van der Waals surface area contributed by atoms with Gasteiger partial charge in [-0.1, -0.05) is 69.4 Å². The molecule has 1 N–H and O–H groups in total. The molecule has 0 bridgehead atoms. The van der Waals surface area contributed by atoms with Gasteiger partial charge >= 0.3 is 6.09 Å². The van der Waals surface area contributed by atoms with E-state index in [9.17, 15) is 4.79 Å². The van der Waals surface area contributed by atoms with Crippen molar-refractivity contribution < 1.29 is 14.1 Å². The van der Waals surface area contributed by atoms with Crippen LogP contribution >= 0.6 is 0 Å². The summed E-state index contributed by atoms with van der Waals surface area (Å²) in [5.41, 5.74) is 4.04. The topological polar surface area (TPSA) is 42.2 Å². The minimum atomic E-state index is -0.500. The summed E-state index contributed by atoms with van der Waals surface area (Å²) in [5, 5.41) is 3.00. The fourth-order valence-electron chi connectivity index (χ4n) is 4.08. The molecule has 0 spiro atoms. The van der Waals surface area contributed by atoms with Gasteiger partial charge in [0.15, 0.2) is 12.4 Å². The number of hydrogen-bond acceptors (Lipinski definition) is 2. The molecule has 0 saturated heterocycles. The summed E-state index contributed by atoms with van der Waals surface area (Å²) in [4.78, 5) is 12.3. The van der Waals surface area contributed by atoms with Crippen molar-refractivity contribution in [3.8, 4) is 0 Å². The highest BCUT2D eigenvalue weighted by atomic mass is 16.5. The highest BCUT2D eigenvalue weighted by Gasteiger charge is 2.23. The monoisotopic (exact) mass is 465 g/mol. The van der Waals surface area contributed by atoms with Crippen molar-refractivity contribution in [1.82, 2.24) is 5.32 Å². The average Bonchev–Trinajstić information content (AvgIpc) is 2.82. The van der Waals surface area contributed by atoms with Crippen LogP contribution in [0.25, 0.3) is 5.57 Å². The van der Waals surface area contributed by atoms with Crippen molar-refractivity contribution in [2.45, 2.75) is 97.6 Å². The molecule has 1 aromatic carbocycles. The number of benzene rings is 1. The Morgan fingerprint density at radius 2 is 1.68 bits per heavy atom. The predicted octanol–water partition coefficient (Wildman–Crippen LogP) is 7.35. The number of carbonyl (C=O) groups excluding carboxylic acids is 1. The number of hydrogen-bond donors (Lipinski definition) is 1. The van der Waals surface area contributed by atoms with Gasteiger partial charge in [0.25, 0.3) is 0 Å². The van der Waals surface area contributed by atoms with Crippen LogP contribution in [0.15, 0.2) is 55.4 Å². The first-order valence-corrected chi connectivity index (χ1v) is 13.0. The molecule has 2 aromatic rings. The SMILES string of the molecule is C=C(C)c1cccc(C(C)(C)NC(=O)OCCCCCCCCCC[n+]2cccc(CC)c2)c1. The molecule has 1 aromatic heterocycles. The molecule has 0 aliphatic carbocycles. The Bertz CT molecular complexity index is 904. The maximum atomic E-state index is 12.3. The molecular formula is C30H45N2O2+. The molecule has 4 heteroatoms. The first kappa shape index (κ1) is 27.6. The zero-order chi connectivity index (χ0) is 24.8. The number of unbranched alkanes of at least 4 members (excludes halogenated alkanes) is 7. The van der Waals surface area contributed by atoms with E-state index in [1.165, 1.54) is 44.1 Å². The number of allylic oxidation sites excluding steroid dienone is 1. The first-order valence-electron chi connectivity index (χ1n) is 13.0. The third-order valence-electron chi connectivity index (χ3n) is 6.36. The molecule has 2 rings (SSSR count). The Balaban J connectivity index is 1.50. The van der Waals surface area contributed by atoms with E-state index in [2.05, 4.69) is 54.0 Å². The molecule has 34 heavy (non-hydrogen) atoms. The number of carbonyl (C=O) groups is 1. The Morgan fingerprint density at radius 3 is 2.35 bits per heavy atom. The molecule has 186 valence electrons. The van der Waals surface area contributed by atoms with Crippen molar-refractivity contribution in [2.24, 2.45) is 0 Å². The number of ether oxygens (including phenoxy) is 1. The minimum absolute atomic E-state index is 0.354. The average molecular weight is 466 g/mol. The molecular weight excluding hydrogens is 420 g/mol. The van der Waals surface area contributed by atoms with Gasteiger partial charge in [-0.3, -0.25) is 0 Å². The van der Waals surface area contributed by atoms with E-state index in [0.29, 0.717) is 6.61 Å². The van der Waals surface area contributed by atoms with Crippen molar-refractivity contribution in [3.63, 3.8) is 0 Å². The first-order chi connectivity index (χ1) is 16.3. The predicted molar refractivity (Wildman–Crippen MR) is 142 cm³/mol. The van der Waals surface area contributed by atoms with Crippen molar-refractivity contribution in [3.05, 3.63) is 72.1 Å². The lowest BCUT2D eigenvalue weighted by Crippen LogP contribution is -2.41. The van der Waals surface area contributed by atoms with Crippen LogP contribution in [0.5, 0.6) is 0 Å². The molecule has 0 radical (unpaired) electrons. The lowest BCUT2D eigenvalue weighted by atomic mass is 9.92. The third-order valence-corrected chi connectivity index (χ3v) is 6.36. The number of aromatic nitrogens is 1. The van der Waals surface area contributed by atoms with Crippen LogP contribution in [-0.2, 0) is 23.2 Å². The molecule has 0 aliphatic heterocycles. The largest absolute Gasteiger partial charge is 0.450 e. The van der Waals surface area contributed by atoms with Gasteiger partial charge in [-0.05, 0) is 63.3 Å². The summed E-state index contributed by atoms with van der Waals surface area (Å²) in [7, 11) is 0. The third kappa shape index (κ3) is 10.1. The maximum Gasteiger partial charge on any atom is 0.407 e. The number of nitrogens with one attached hydrogen (secondary N) is 1. The fraction of sp³-hybridized carbons (Fsp3) is 0.533. The Hall–Kier alpha value is -2.62. The maximum absolute atomic E-state index is 12.3. The molecule has 0 fully saturated rings. The molecule has 0 unspecified atom stereocenters. The second-order valence-electron chi connectivity index (χ2n) is 9.88. The van der Waals surface area contributed by atoms with Gasteiger partial charge in [0.05, 0.1) is 12.1 Å². The zero-order valence-electron chi connectivity index (χ0n) is 21.9. The minimum Gasteiger partial charge on any atom is -0.450 e. The highest BCUT2D eigenvalue weighted by Crippen LogP contribution is 2.23. The van der Waals surface area contributed by atoms with Crippen molar-refractivity contribution in [2.75, 3.05) is 6.61 Å². The standard InChI is InChI=1S/C30H44N2O2/c1-6-26-17-16-21-32(24-26)20-13-11-9-7-8-10-12-14-22-34-29(33)31-30(4,5)28-19-15-18-27(23-28)25(2)3/h15-19,21,23-24H,2,6-14,20,22H2,1,3-5H3/p+1. The van der Waals surface area contributed by atoms with E-state index in [0.717, 1.165) is 42.5 Å². The molecule has 4 nitrogen and oxygen atoms in total. The second-order valence-corrected chi connectivity index (χ2v) is 9.88. The smallest absolute Gasteiger partial charge is 0.407 e. The van der Waals surface area contributed by atoms with E-state index >= 15 is 0 Å². The second kappa shape index (κ2) is 14.6. The Kier molecular flexibility index (Phi) is 11.9. The summed E-state index contributed by atoms with van der Waals surface area (Å²) < 4.78 is 7.74. The summed E-state index contributed by atoms with van der Waals surface area (Å²) in [6.07, 6.45) is 14.8. The van der Waals surface area contributed by atoms with E-state index in [1.54, 1.807) is 0 Å². The number of nitrogens with zero attached hydrogens (tertiary/aromatic N) is 1. The van der Waals surface area contributed by atoms with Gasteiger partial charge in [-0.15, -0.1) is 0 Å². The summed E-state index contributed by atoms with van der Waals surface area (Å²) in [5.74, 6) is 0. The van der Waals surface area contributed by atoms with Crippen molar-refractivity contribution in [1.29, 1.82) is 0 Å². The number of rotatable bonds is 15. The molecule has 0 atom stereocenters. The summed E-state index contributed by atoms with van der Waals surface area (Å²) in [6, 6.07) is 12.5. The lowest BCUT2D eigenvalue weighted by Gasteiger charge is -2.27. The van der Waals surface area contributed by atoms with Gasteiger partial charge in [0.1, 0.15) is 6.54 Å². The van der Waals surface area contributed by atoms with Crippen LogP contribution in [0.1, 0.15) is 95.8 Å². The van der Waals surface area contributed by atoms with Crippen LogP contribution in [0, 0.1) is 0 Å². The number of pyridine rings is 1. The Labute approximate surface area is 207 Å².